The number of carbonyl (C=O) groups excluding carboxylic acids is 5. The highest BCUT2D eigenvalue weighted by molar-refractivity contribution is 5.96. The van der Waals surface area contributed by atoms with Gasteiger partial charge in [0.1, 0.15) is 24.2 Å². The second-order valence-electron chi connectivity index (χ2n) is 10.1. The molecule has 0 aliphatic carbocycles. The topological polar surface area (TPSA) is 144 Å². The normalized spacial score (nSPS) is 35.1. The van der Waals surface area contributed by atoms with Gasteiger partial charge in [0.05, 0.1) is 0 Å². The number of piperidine rings is 1. The van der Waals surface area contributed by atoms with Crippen molar-refractivity contribution in [2.24, 2.45) is 5.92 Å². The van der Waals surface area contributed by atoms with Crippen LogP contribution in [0.25, 0.3) is 0 Å². The van der Waals surface area contributed by atoms with Crippen LogP contribution in [0.2, 0.25) is 0 Å². The van der Waals surface area contributed by atoms with Crippen LogP contribution < -0.4 is 23.5 Å². The van der Waals surface area contributed by atoms with Gasteiger partial charge < -0.3 is 42.9 Å². The molecule has 0 bridgehead atoms. The van der Waals surface area contributed by atoms with Gasteiger partial charge in [0.15, 0.2) is 12.6 Å². The van der Waals surface area contributed by atoms with Crippen molar-refractivity contribution in [2.45, 2.75) is 82.6 Å². The Kier molecular flexibility index (Phi) is 8.63. The number of esters is 1. The second kappa shape index (κ2) is 11.1. The summed E-state index contributed by atoms with van der Waals surface area (Å²) < 4.78 is 5.43. The zero-order chi connectivity index (χ0) is 24.6. The van der Waals surface area contributed by atoms with E-state index in [0.717, 1.165) is 12.8 Å². The molecule has 0 saturated carbocycles. The quantitative estimate of drug-likeness (QED) is 0.311. The van der Waals surface area contributed by atoms with Gasteiger partial charge in [0, 0.05) is 19.6 Å². The predicted molar refractivity (Wildman–Crippen MR) is 119 cm³/mol. The van der Waals surface area contributed by atoms with E-state index in [0.29, 0.717) is 45.3 Å². The number of cyclic esters (lactones) is 1. The molecule has 0 aromatic carbocycles. The third-order valence-corrected chi connectivity index (χ3v) is 7.48. The van der Waals surface area contributed by atoms with Crippen molar-refractivity contribution in [2.75, 3.05) is 26.2 Å². The predicted octanol–water partition coefficient (Wildman–Crippen LogP) is -4.73. The van der Waals surface area contributed by atoms with Crippen LogP contribution in [0, 0.1) is 5.92 Å². The highest BCUT2D eigenvalue weighted by Gasteiger charge is 2.45. The Hall–Kier alpha value is -2.40. The van der Waals surface area contributed by atoms with E-state index in [2.05, 4.69) is 11.1 Å². The molecule has 196 valence electrons. The Labute approximate surface area is 211 Å². The summed E-state index contributed by atoms with van der Waals surface area (Å²) >= 11 is 0. The first kappa shape index (κ1) is 27.2. The number of hydrogen-bond acceptors (Lipinski definition) is 6. The van der Waals surface area contributed by atoms with Gasteiger partial charge in [-0.2, -0.15) is 0 Å². The van der Waals surface area contributed by atoms with Crippen molar-refractivity contribution in [1.82, 2.24) is 20.0 Å². The van der Waals surface area contributed by atoms with Crippen LogP contribution in [-0.4, -0.2) is 101 Å². The summed E-state index contributed by atoms with van der Waals surface area (Å²) in [6.45, 7) is 4.60. The number of fused-ring (bicyclic) bond motifs is 3. The number of hydrogen-bond donors (Lipinski definition) is 2. The minimum atomic E-state index is -0.854. The standard InChI is InChI=1S/C23H35N5O6.ClH/c1-13-10-18-23(33)34-12-15(24)21(31)27-9-5-7-17(27)22(32)26-8-4-3-6-16(26)19(29)25-14(2)20(30)28(18)11-13;/h13-18H,3-12,24H2,1-2H3,(H,25,29);1H/t13-,14+,15+,16+,17+,18+;/m1./s1. The van der Waals surface area contributed by atoms with Gasteiger partial charge in [0.25, 0.3) is 5.91 Å². The van der Waals surface area contributed by atoms with Gasteiger partial charge in [-0.15, -0.1) is 0 Å². The molecule has 0 aromatic heterocycles. The van der Waals surface area contributed by atoms with Crippen LogP contribution >= 0.6 is 0 Å². The first-order chi connectivity index (χ1) is 16.2. The molecule has 0 unspecified atom stereocenters. The Bertz CT molecular complexity index is 871. The van der Waals surface area contributed by atoms with E-state index in [9.17, 15) is 24.0 Å². The number of carbonyl (C=O) groups is 5. The van der Waals surface area contributed by atoms with Gasteiger partial charge in [0.2, 0.25) is 17.7 Å². The Balaban J connectivity index is 0.00000342. The van der Waals surface area contributed by atoms with Crippen molar-refractivity contribution in [3.8, 4) is 0 Å². The molecule has 4 aliphatic heterocycles. The van der Waals surface area contributed by atoms with Crippen molar-refractivity contribution >= 4 is 29.6 Å². The molecule has 0 aromatic rings. The fraction of sp³-hybridized carbons (Fsp3) is 0.783. The van der Waals surface area contributed by atoms with Crippen molar-refractivity contribution in [1.29, 1.82) is 0 Å². The fourth-order valence-electron chi connectivity index (χ4n) is 5.66. The lowest BCUT2D eigenvalue weighted by Gasteiger charge is -2.38. The average molecular weight is 514 g/mol. The van der Waals surface area contributed by atoms with Crippen LogP contribution in [-0.2, 0) is 28.7 Å². The van der Waals surface area contributed by atoms with E-state index in [-0.39, 0.29) is 48.6 Å². The molecule has 4 saturated heterocycles. The van der Waals surface area contributed by atoms with Gasteiger partial charge in [-0.3, -0.25) is 19.2 Å². The Morgan fingerprint density at radius 3 is 2.23 bits per heavy atom. The molecule has 6 atom stereocenters. The fourth-order valence-corrected chi connectivity index (χ4v) is 5.66. The van der Waals surface area contributed by atoms with E-state index in [1.807, 2.05) is 6.92 Å². The first-order valence-electron chi connectivity index (χ1n) is 12.4. The number of quaternary nitrogens is 1. The molecule has 12 heteroatoms. The zero-order valence-corrected chi connectivity index (χ0v) is 21.2. The summed E-state index contributed by atoms with van der Waals surface area (Å²) in [5.74, 6) is -1.79. The van der Waals surface area contributed by atoms with Crippen LogP contribution in [0.5, 0.6) is 0 Å². The van der Waals surface area contributed by atoms with Crippen molar-refractivity contribution in [3.63, 3.8) is 0 Å². The molecular formula is C23H36ClN5O6. The average Bonchev–Trinajstić information content (AvgIpc) is 3.47. The molecule has 4 heterocycles. The maximum atomic E-state index is 13.5. The summed E-state index contributed by atoms with van der Waals surface area (Å²) in [4.78, 5) is 70.5. The molecule has 4 fully saturated rings. The molecular weight excluding hydrogens is 478 g/mol. The number of nitrogens with zero attached hydrogens (tertiary/aromatic N) is 3. The number of rotatable bonds is 0. The van der Waals surface area contributed by atoms with Crippen molar-refractivity contribution in [3.05, 3.63) is 0 Å². The van der Waals surface area contributed by atoms with E-state index in [4.69, 9.17) is 4.74 Å². The summed E-state index contributed by atoms with van der Waals surface area (Å²) in [5, 5.41) is 2.78. The van der Waals surface area contributed by atoms with Gasteiger partial charge in [-0.1, -0.05) is 6.92 Å². The highest BCUT2D eigenvalue weighted by Crippen LogP contribution is 2.27. The number of amides is 4. The maximum Gasteiger partial charge on any atom is 0.329 e. The molecule has 4 rings (SSSR count). The van der Waals surface area contributed by atoms with E-state index < -0.39 is 36.2 Å². The van der Waals surface area contributed by atoms with Crippen molar-refractivity contribution < 1.29 is 46.9 Å². The molecule has 4 amide bonds. The summed E-state index contributed by atoms with van der Waals surface area (Å²) in [6.07, 6.45) is 3.75. The largest absolute Gasteiger partial charge is 1.00 e. The smallest absolute Gasteiger partial charge is 0.329 e. The van der Waals surface area contributed by atoms with Crippen LogP contribution in [0.15, 0.2) is 0 Å². The van der Waals surface area contributed by atoms with Gasteiger partial charge >= 0.3 is 5.97 Å². The lowest BCUT2D eigenvalue weighted by molar-refractivity contribution is -0.411. The lowest BCUT2D eigenvalue weighted by atomic mass is 9.99. The van der Waals surface area contributed by atoms with E-state index in [1.165, 1.54) is 9.80 Å². The number of halogens is 1. The number of nitrogens with one attached hydrogen (secondary N) is 1. The van der Waals surface area contributed by atoms with E-state index >= 15 is 0 Å². The molecule has 35 heavy (non-hydrogen) atoms. The van der Waals surface area contributed by atoms with Crippen LogP contribution in [0.4, 0.5) is 0 Å². The molecule has 0 radical (unpaired) electrons. The minimum absolute atomic E-state index is 0. The first-order valence-corrected chi connectivity index (χ1v) is 12.4. The van der Waals surface area contributed by atoms with Crippen LogP contribution in [0.1, 0.15) is 52.4 Å². The maximum absolute atomic E-state index is 13.5. The zero-order valence-electron chi connectivity index (χ0n) is 20.4. The molecule has 4 N–H and O–H groups in total. The molecule has 11 nitrogen and oxygen atoms in total. The number of ether oxygens (including phenoxy) is 1. The second-order valence-corrected chi connectivity index (χ2v) is 10.1. The third kappa shape index (κ3) is 5.40. The van der Waals surface area contributed by atoms with Gasteiger partial charge in [-0.25, -0.2) is 4.79 Å². The summed E-state index contributed by atoms with van der Waals surface area (Å²) in [6, 6.07) is -3.79. The Morgan fingerprint density at radius 2 is 1.49 bits per heavy atom. The van der Waals surface area contributed by atoms with E-state index in [1.54, 1.807) is 11.8 Å². The Morgan fingerprint density at radius 1 is 0.829 bits per heavy atom. The summed E-state index contributed by atoms with van der Waals surface area (Å²) in [7, 11) is 0. The van der Waals surface area contributed by atoms with Crippen LogP contribution in [0.3, 0.4) is 0 Å². The monoisotopic (exact) mass is 513 g/mol. The SMILES string of the molecule is C[C@@H]1C[C@H]2C(=O)OC[C@H]([NH3+])C(=O)N3CCC[C@H]3C(=O)N3CCCC[C@H]3C(=O)N[C@@H](C)C(=O)N2C1.[Cl-]. The molecule has 4 aliphatic rings. The van der Waals surface area contributed by atoms with Gasteiger partial charge in [-0.05, 0) is 51.4 Å². The molecule has 0 spiro atoms. The third-order valence-electron chi connectivity index (χ3n) is 7.48. The summed E-state index contributed by atoms with van der Waals surface area (Å²) in [5.41, 5.74) is 3.88. The highest BCUT2D eigenvalue weighted by atomic mass is 35.5. The lowest BCUT2D eigenvalue weighted by Crippen LogP contribution is -3.00. The minimum Gasteiger partial charge on any atom is -1.00 e.